The van der Waals surface area contributed by atoms with Gasteiger partial charge in [0, 0.05) is 29.3 Å². The SMILES string of the molecule is CCCC(CC)(Pc1c(C)cccc1CN(C(C)C)C(C)C)c1cc(C(C)(C)C)cc(C)c1O. The van der Waals surface area contributed by atoms with Crippen LogP contribution in [-0.4, -0.2) is 22.1 Å². The molecular weight excluding hydrogens is 433 g/mol. The molecule has 2 rings (SSSR count). The standard InChI is InChI=1S/C31H50NOP/c1-12-17-31(13-2,27-19-26(30(9,10)11)18-24(8)28(27)33)34-29-23(7)15-14-16-25(29)20-32(21(3)4)22(5)6/h14-16,18-19,21-22,33-34H,12-13,17,20H2,1-11H3. The fourth-order valence-electron chi connectivity index (χ4n) is 5.16. The molecule has 0 fully saturated rings. The number of rotatable bonds is 10. The van der Waals surface area contributed by atoms with Crippen LogP contribution in [0, 0.1) is 13.8 Å². The van der Waals surface area contributed by atoms with Crippen LogP contribution in [-0.2, 0) is 17.1 Å². The van der Waals surface area contributed by atoms with E-state index in [-0.39, 0.29) is 10.6 Å². The second kappa shape index (κ2) is 11.6. The average molecular weight is 484 g/mol. The Labute approximate surface area is 212 Å². The van der Waals surface area contributed by atoms with Gasteiger partial charge < -0.3 is 5.11 Å². The predicted molar refractivity (Wildman–Crippen MR) is 153 cm³/mol. The quantitative estimate of drug-likeness (QED) is 0.343. The third kappa shape index (κ3) is 6.44. The first-order chi connectivity index (χ1) is 15.8. The Morgan fingerprint density at radius 1 is 0.941 bits per heavy atom. The minimum absolute atomic E-state index is 0.0465. The van der Waals surface area contributed by atoms with Gasteiger partial charge >= 0.3 is 0 Å². The summed E-state index contributed by atoms with van der Waals surface area (Å²) < 4.78 is 0. The molecule has 0 bridgehead atoms. The van der Waals surface area contributed by atoms with E-state index >= 15 is 0 Å². The first-order valence-corrected chi connectivity index (χ1v) is 14.2. The zero-order valence-corrected chi connectivity index (χ0v) is 24.8. The van der Waals surface area contributed by atoms with E-state index in [9.17, 15) is 5.11 Å². The van der Waals surface area contributed by atoms with Crippen molar-refractivity contribution in [1.29, 1.82) is 0 Å². The number of nitrogens with zero attached hydrogens (tertiary/aromatic N) is 1. The molecule has 3 heteroatoms. The maximum atomic E-state index is 11.4. The van der Waals surface area contributed by atoms with E-state index in [2.05, 4.69) is 111 Å². The molecule has 2 atom stereocenters. The van der Waals surface area contributed by atoms with E-state index in [1.54, 1.807) is 0 Å². The van der Waals surface area contributed by atoms with Crippen molar-refractivity contribution in [3.05, 3.63) is 58.1 Å². The topological polar surface area (TPSA) is 23.5 Å². The lowest BCUT2D eigenvalue weighted by atomic mass is 9.81. The van der Waals surface area contributed by atoms with Crippen LogP contribution in [0.2, 0.25) is 0 Å². The summed E-state index contributed by atoms with van der Waals surface area (Å²) in [5.74, 6) is 0.497. The molecule has 0 amide bonds. The van der Waals surface area contributed by atoms with E-state index in [0.29, 0.717) is 26.4 Å². The predicted octanol–water partition coefficient (Wildman–Crippen LogP) is 8.33. The molecule has 0 aromatic heterocycles. The molecule has 0 aliphatic heterocycles. The van der Waals surface area contributed by atoms with Gasteiger partial charge in [0.15, 0.2) is 0 Å². The highest BCUT2D eigenvalue weighted by Crippen LogP contribution is 2.52. The second-order valence-corrected chi connectivity index (χ2v) is 13.4. The molecule has 2 aromatic rings. The van der Waals surface area contributed by atoms with Gasteiger partial charge in [-0.2, -0.15) is 0 Å². The monoisotopic (exact) mass is 483 g/mol. The molecule has 190 valence electrons. The first kappa shape index (κ1) is 28.9. The Morgan fingerprint density at radius 3 is 2.06 bits per heavy atom. The van der Waals surface area contributed by atoms with Crippen molar-refractivity contribution in [1.82, 2.24) is 4.90 Å². The molecule has 0 aliphatic carbocycles. The highest BCUT2D eigenvalue weighted by Gasteiger charge is 2.35. The minimum Gasteiger partial charge on any atom is -0.507 e. The van der Waals surface area contributed by atoms with Gasteiger partial charge in [0.25, 0.3) is 0 Å². The van der Waals surface area contributed by atoms with Crippen LogP contribution in [0.5, 0.6) is 5.75 Å². The third-order valence-corrected chi connectivity index (χ3v) is 9.68. The molecule has 34 heavy (non-hydrogen) atoms. The Hall–Kier alpha value is -1.37. The van der Waals surface area contributed by atoms with Crippen molar-refractivity contribution in [2.24, 2.45) is 0 Å². The van der Waals surface area contributed by atoms with Gasteiger partial charge in [-0.25, -0.2) is 0 Å². The number of hydrogen-bond donors (Lipinski definition) is 1. The number of phenolic OH excluding ortho intramolecular Hbond substituents is 1. The van der Waals surface area contributed by atoms with Crippen LogP contribution in [0.3, 0.4) is 0 Å². The van der Waals surface area contributed by atoms with E-state index in [4.69, 9.17) is 0 Å². The number of phenols is 1. The molecule has 0 saturated carbocycles. The van der Waals surface area contributed by atoms with Crippen LogP contribution in [0.25, 0.3) is 0 Å². The summed E-state index contributed by atoms with van der Waals surface area (Å²) in [6.45, 7) is 25.9. The average Bonchev–Trinajstić information content (AvgIpc) is 2.74. The summed E-state index contributed by atoms with van der Waals surface area (Å²) in [6.07, 6.45) is 3.20. The van der Waals surface area contributed by atoms with Gasteiger partial charge in [-0.05, 0) is 87.4 Å². The Kier molecular flexibility index (Phi) is 9.83. The zero-order chi connectivity index (χ0) is 25.8. The van der Waals surface area contributed by atoms with Gasteiger partial charge in [-0.3, -0.25) is 4.90 Å². The zero-order valence-electron chi connectivity index (χ0n) is 23.8. The second-order valence-electron chi connectivity index (χ2n) is 11.7. The fourth-order valence-corrected chi connectivity index (χ4v) is 7.12. The van der Waals surface area contributed by atoms with E-state index < -0.39 is 0 Å². The molecule has 0 aliphatic rings. The Balaban J connectivity index is 2.70. The highest BCUT2D eigenvalue weighted by molar-refractivity contribution is 7.48. The summed E-state index contributed by atoms with van der Waals surface area (Å²) in [7, 11) is 0.620. The third-order valence-electron chi connectivity index (χ3n) is 7.37. The lowest BCUT2D eigenvalue weighted by Gasteiger charge is -2.38. The van der Waals surface area contributed by atoms with Crippen molar-refractivity contribution in [3.8, 4) is 5.75 Å². The Bertz CT molecular complexity index is 949. The van der Waals surface area contributed by atoms with Gasteiger partial charge in [0.1, 0.15) is 5.75 Å². The van der Waals surface area contributed by atoms with Crippen LogP contribution < -0.4 is 5.30 Å². The van der Waals surface area contributed by atoms with Crippen LogP contribution in [0.15, 0.2) is 30.3 Å². The minimum atomic E-state index is -0.0633. The van der Waals surface area contributed by atoms with Gasteiger partial charge in [-0.1, -0.05) is 80.0 Å². The van der Waals surface area contributed by atoms with Crippen molar-refractivity contribution >= 4 is 13.9 Å². The van der Waals surface area contributed by atoms with Crippen LogP contribution in [0.4, 0.5) is 0 Å². The molecule has 0 spiro atoms. The summed E-state index contributed by atoms with van der Waals surface area (Å²) in [6, 6.07) is 12.3. The lowest BCUT2D eigenvalue weighted by molar-refractivity contribution is 0.166. The molecule has 0 heterocycles. The molecule has 1 N–H and O–H groups in total. The number of hydrogen-bond acceptors (Lipinski definition) is 2. The normalized spacial score (nSPS) is 14.6. The van der Waals surface area contributed by atoms with Crippen molar-refractivity contribution < 1.29 is 5.11 Å². The van der Waals surface area contributed by atoms with Crippen LogP contribution in [0.1, 0.15) is 109 Å². The van der Waals surface area contributed by atoms with Crippen molar-refractivity contribution in [2.45, 2.75) is 125 Å². The van der Waals surface area contributed by atoms with Crippen molar-refractivity contribution in [2.75, 3.05) is 0 Å². The maximum absolute atomic E-state index is 11.4. The summed E-state index contributed by atoms with van der Waals surface area (Å²) >= 11 is 0. The molecular formula is C31H50NOP. The molecule has 2 unspecified atom stereocenters. The number of aryl methyl sites for hydroxylation is 2. The first-order valence-electron chi connectivity index (χ1n) is 13.2. The molecule has 2 nitrogen and oxygen atoms in total. The fraction of sp³-hybridized carbons (Fsp3) is 0.613. The summed E-state index contributed by atoms with van der Waals surface area (Å²) in [5, 5.41) is 12.8. The van der Waals surface area contributed by atoms with Crippen molar-refractivity contribution in [3.63, 3.8) is 0 Å². The molecule has 0 saturated heterocycles. The summed E-state index contributed by atoms with van der Waals surface area (Å²) in [4.78, 5) is 2.58. The summed E-state index contributed by atoms with van der Waals surface area (Å²) in [5.41, 5.74) is 6.33. The number of benzene rings is 2. The molecule has 0 radical (unpaired) electrons. The lowest BCUT2D eigenvalue weighted by Crippen LogP contribution is -2.37. The number of aromatic hydroxyl groups is 1. The van der Waals surface area contributed by atoms with Gasteiger partial charge in [0.05, 0.1) is 0 Å². The smallest absolute Gasteiger partial charge is 0.122 e. The van der Waals surface area contributed by atoms with Gasteiger partial charge in [-0.15, -0.1) is 0 Å². The van der Waals surface area contributed by atoms with Crippen LogP contribution >= 0.6 is 8.58 Å². The highest BCUT2D eigenvalue weighted by atomic mass is 31.1. The largest absolute Gasteiger partial charge is 0.507 e. The maximum Gasteiger partial charge on any atom is 0.122 e. The Morgan fingerprint density at radius 2 is 1.56 bits per heavy atom. The van der Waals surface area contributed by atoms with E-state index in [1.807, 2.05) is 0 Å². The van der Waals surface area contributed by atoms with Gasteiger partial charge in [0.2, 0.25) is 0 Å². The van der Waals surface area contributed by atoms with E-state index in [1.165, 1.54) is 22.0 Å². The molecule has 2 aromatic carbocycles. The van der Waals surface area contributed by atoms with E-state index in [0.717, 1.165) is 36.9 Å².